The van der Waals surface area contributed by atoms with E-state index in [0.717, 1.165) is 25.0 Å². The molecule has 0 radical (unpaired) electrons. The highest BCUT2D eigenvalue weighted by Gasteiger charge is 2.09. The van der Waals surface area contributed by atoms with E-state index in [4.69, 9.17) is 0 Å². The van der Waals surface area contributed by atoms with Crippen LogP contribution in [0.4, 0.5) is 0 Å². The smallest absolute Gasteiger partial charge is 0.220 e. The first kappa shape index (κ1) is 26.0. The van der Waals surface area contributed by atoms with Gasteiger partial charge in [-0.15, -0.1) is 11.8 Å². The number of carbonyl (C=O) groups is 1. The van der Waals surface area contributed by atoms with Crippen molar-refractivity contribution in [2.24, 2.45) is 0 Å². The van der Waals surface area contributed by atoms with Gasteiger partial charge in [0.2, 0.25) is 5.91 Å². The summed E-state index contributed by atoms with van der Waals surface area (Å²) in [4.78, 5) is 13.6. The van der Waals surface area contributed by atoms with Gasteiger partial charge < -0.3 is 5.32 Å². The average Bonchev–Trinajstić information content (AvgIpc) is 2.91. The number of carbonyl (C=O) groups excluding carboxylic acids is 1. The lowest BCUT2D eigenvalue weighted by molar-refractivity contribution is -0.121. The fourth-order valence-corrected chi connectivity index (χ4v) is 5.47. The molecule has 0 heterocycles. The monoisotopic (exact) mass is 495 g/mol. The quantitative estimate of drug-likeness (QED) is 0.121. The van der Waals surface area contributed by atoms with Crippen LogP contribution in [0.3, 0.4) is 0 Å². The number of amides is 1. The highest BCUT2D eigenvalue weighted by atomic mass is 32.2. The zero-order valence-corrected chi connectivity index (χ0v) is 22.4. The maximum atomic E-state index is 12.4. The van der Waals surface area contributed by atoms with E-state index in [1.165, 1.54) is 56.0 Å². The SMILES string of the molecule is C/C=C/CSc1ccc2cc(-c3ccc4ccccc4c3)cc(CCNC(=O)CCCCCC)c2c1. The van der Waals surface area contributed by atoms with E-state index >= 15 is 0 Å². The van der Waals surface area contributed by atoms with Gasteiger partial charge in [0.1, 0.15) is 0 Å². The third-order valence-electron chi connectivity index (χ3n) is 6.65. The molecule has 0 unspecified atom stereocenters. The third kappa shape index (κ3) is 7.01. The van der Waals surface area contributed by atoms with Gasteiger partial charge in [0.25, 0.3) is 0 Å². The molecule has 0 aliphatic rings. The molecule has 0 fully saturated rings. The zero-order chi connectivity index (χ0) is 25.2. The molecule has 0 aromatic heterocycles. The summed E-state index contributed by atoms with van der Waals surface area (Å²) in [6.45, 7) is 4.92. The number of rotatable bonds is 12. The minimum Gasteiger partial charge on any atom is -0.356 e. The molecule has 0 saturated heterocycles. The second-order valence-electron chi connectivity index (χ2n) is 9.37. The second-order valence-corrected chi connectivity index (χ2v) is 10.5. The van der Waals surface area contributed by atoms with Gasteiger partial charge in [0.15, 0.2) is 0 Å². The van der Waals surface area contributed by atoms with Gasteiger partial charge in [-0.2, -0.15) is 0 Å². The summed E-state index contributed by atoms with van der Waals surface area (Å²) in [6.07, 6.45) is 10.2. The van der Waals surface area contributed by atoms with Crippen LogP contribution in [0.1, 0.15) is 51.5 Å². The van der Waals surface area contributed by atoms with Gasteiger partial charge >= 0.3 is 0 Å². The summed E-state index contributed by atoms with van der Waals surface area (Å²) in [7, 11) is 0. The van der Waals surface area contributed by atoms with Crippen molar-refractivity contribution in [3.05, 3.63) is 90.5 Å². The molecule has 0 spiro atoms. The van der Waals surface area contributed by atoms with Crippen LogP contribution in [0.2, 0.25) is 0 Å². The van der Waals surface area contributed by atoms with Crippen molar-refractivity contribution in [3.63, 3.8) is 0 Å². The Hall–Kier alpha value is -3.04. The van der Waals surface area contributed by atoms with Crippen molar-refractivity contribution in [3.8, 4) is 11.1 Å². The average molecular weight is 496 g/mol. The van der Waals surface area contributed by atoms with Crippen molar-refractivity contribution < 1.29 is 4.79 Å². The molecule has 0 bridgehead atoms. The molecule has 0 aliphatic heterocycles. The largest absolute Gasteiger partial charge is 0.356 e. The van der Waals surface area contributed by atoms with E-state index in [1.54, 1.807) is 0 Å². The van der Waals surface area contributed by atoms with Crippen LogP contribution in [0.15, 0.2) is 89.8 Å². The number of hydrogen-bond donors (Lipinski definition) is 1. The van der Waals surface area contributed by atoms with Crippen molar-refractivity contribution in [1.29, 1.82) is 0 Å². The summed E-state index contributed by atoms with van der Waals surface area (Å²) in [5.41, 5.74) is 3.74. The summed E-state index contributed by atoms with van der Waals surface area (Å²) < 4.78 is 0. The highest BCUT2D eigenvalue weighted by Crippen LogP contribution is 2.32. The molecule has 1 N–H and O–H groups in total. The first-order chi connectivity index (χ1) is 17.7. The molecule has 4 rings (SSSR count). The summed E-state index contributed by atoms with van der Waals surface area (Å²) in [6, 6.07) is 26.6. The van der Waals surface area contributed by atoms with Crippen LogP contribution in [0, 0.1) is 0 Å². The number of allylic oxidation sites excluding steroid dienone is 1. The Kier molecular flexibility index (Phi) is 9.63. The Morgan fingerprint density at radius 1 is 0.861 bits per heavy atom. The Bertz CT molecular complexity index is 1340. The highest BCUT2D eigenvalue weighted by molar-refractivity contribution is 7.99. The van der Waals surface area contributed by atoms with Crippen LogP contribution >= 0.6 is 11.8 Å². The van der Waals surface area contributed by atoms with E-state index in [1.807, 2.05) is 11.8 Å². The molecule has 2 nitrogen and oxygen atoms in total. The Morgan fingerprint density at radius 2 is 1.67 bits per heavy atom. The summed E-state index contributed by atoms with van der Waals surface area (Å²) in [5.74, 6) is 1.14. The van der Waals surface area contributed by atoms with E-state index in [9.17, 15) is 4.79 Å². The predicted octanol–water partition coefficient (Wildman–Crippen LogP) is 8.96. The van der Waals surface area contributed by atoms with Crippen molar-refractivity contribution in [2.45, 2.75) is 57.3 Å². The van der Waals surface area contributed by atoms with Gasteiger partial charge in [-0.25, -0.2) is 0 Å². The molecule has 186 valence electrons. The summed E-state index contributed by atoms with van der Waals surface area (Å²) in [5, 5.41) is 8.20. The number of fused-ring (bicyclic) bond motifs is 2. The first-order valence-electron chi connectivity index (χ1n) is 13.2. The molecule has 36 heavy (non-hydrogen) atoms. The van der Waals surface area contributed by atoms with Gasteiger partial charge in [-0.1, -0.05) is 86.9 Å². The van der Waals surface area contributed by atoms with E-state index < -0.39 is 0 Å². The van der Waals surface area contributed by atoms with Crippen LogP contribution in [0.25, 0.3) is 32.7 Å². The van der Waals surface area contributed by atoms with Crippen LogP contribution in [-0.4, -0.2) is 18.2 Å². The van der Waals surface area contributed by atoms with Crippen LogP contribution < -0.4 is 5.32 Å². The normalized spacial score (nSPS) is 11.5. The molecule has 0 saturated carbocycles. The number of hydrogen-bond acceptors (Lipinski definition) is 2. The van der Waals surface area contributed by atoms with Crippen molar-refractivity contribution in [2.75, 3.05) is 12.3 Å². The molecule has 3 heteroatoms. The maximum absolute atomic E-state index is 12.4. The zero-order valence-electron chi connectivity index (χ0n) is 21.6. The van der Waals surface area contributed by atoms with E-state index in [2.05, 4.69) is 104 Å². The molecule has 0 aliphatic carbocycles. The van der Waals surface area contributed by atoms with Gasteiger partial charge in [0.05, 0.1) is 0 Å². The molecule has 1 amide bonds. The summed E-state index contributed by atoms with van der Waals surface area (Å²) >= 11 is 1.86. The van der Waals surface area contributed by atoms with Crippen molar-refractivity contribution in [1.82, 2.24) is 5.32 Å². The van der Waals surface area contributed by atoms with Crippen molar-refractivity contribution >= 4 is 39.2 Å². The van der Waals surface area contributed by atoms with Crippen LogP contribution in [0.5, 0.6) is 0 Å². The lowest BCUT2D eigenvalue weighted by Gasteiger charge is -2.13. The van der Waals surface area contributed by atoms with Gasteiger partial charge in [0, 0.05) is 23.6 Å². The molecular formula is C33H37NOS. The standard InChI is InChI=1S/C33H37NOS/c1-3-5-7-8-13-33(35)34-19-18-29-23-30(27-15-14-25-11-9-10-12-26(25)21-27)22-28-16-17-31(24-32(28)29)36-20-6-4-2/h4,6,9-12,14-17,21-24H,3,5,7-8,13,18-20H2,1-2H3,(H,34,35)/b6-4+. The number of nitrogens with one attached hydrogen (secondary N) is 1. The van der Waals surface area contributed by atoms with E-state index in [0.29, 0.717) is 13.0 Å². The second kappa shape index (κ2) is 13.3. The molecule has 0 atom stereocenters. The van der Waals surface area contributed by atoms with Crippen LogP contribution in [-0.2, 0) is 11.2 Å². The lowest BCUT2D eigenvalue weighted by Crippen LogP contribution is -2.25. The maximum Gasteiger partial charge on any atom is 0.220 e. The topological polar surface area (TPSA) is 29.1 Å². The molecule has 4 aromatic rings. The fourth-order valence-electron chi connectivity index (χ4n) is 4.62. The Balaban J connectivity index is 1.59. The predicted molar refractivity (Wildman–Crippen MR) is 158 cm³/mol. The fraction of sp³-hybridized carbons (Fsp3) is 0.303. The lowest BCUT2D eigenvalue weighted by atomic mass is 9.94. The number of benzene rings is 4. The van der Waals surface area contributed by atoms with Gasteiger partial charge in [-0.05, 0) is 82.3 Å². The van der Waals surface area contributed by atoms with E-state index in [-0.39, 0.29) is 5.91 Å². The first-order valence-corrected chi connectivity index (χ1v) is 14.2. The number of thioether (sulfide) groups is 1. The minimum absolute atomic E-state index is 0.170. The molecule has 4 aromatic carbocycles. The van der Waals surface area contributed by atoms with Gasteiger partial charge in [-0.3, -0.25) is 4.79 Å². The number of unbranched alkanes of at least 4 members (excludes halogenated alkanes) is 3. The Labute approximate surface area is 220 Å². The third-order valence-corrected chi connectivity index (χ3v) is 7.60. The minimum atomic E-state index is 0.170. The Morgan fingerprint density at radius 3 is 2.50 bits per heavy atom. The molecular weight excluding hydrogens is 458 g/mol.